The monoisotopic (exact) mass is 374 g/mol. The van der Waals surface area contributed by atoms with Crippen LogP contribution >= 0.6 is 11.8 Å². The van der Waals surface area contributed by atoms with Gasteiger partial charge in [-0.05, 0) is 20.3 Å². The Kier molecular flexibility index (Phi) is 4.62. The maximum atomic E-state index is 12.9. The highest BCUT2D eigenvalue weighted by molar-refractivity contribution is 8.00. The minimum Gasteiger partial charge on any atom is -0.460 e. The lowest BCUT2D eigenvalue weighted by molar-refractivity contribution is -0.134. The van der Waals surface area contributed by atoms with Crippen LogP contribution in [0.15, 0.2) is 21.6 Å². The number of fused-ring (bicyclic) bond motifs is 3. The van der Waals surface area contributed by atoms with Gasteiger partial charge in [0.1, 0.15) is 16.6 Å². The van der Waals surface area contributed by atoms with Gasteiger partial charge in [-0.2, -0.15) is 0 Å². The summed E-state index contributed by atoms with van der Waals surface area (Å²) in [7, 11) is 0. The van der Waals surface area contributed by atoms with Crippen LogP contribution in [0.4, 0.5) is 0 Å². The summed E-state index contributed by atoms with van der Waals surface area (Å²) in [4.78, 5) is 14.8. The molecule has 3 aromatic heterocycles. The number of hydrogen-bond acceptors (Lipinski definition) is 6. The van der Waals surface area contributed by atoms with Crippen LogP contribution in [-0.2, 0) is 9.53 Å². The standard InChI is InChI=1S/C18H22N4O3S/c1-4-16(18(23)21-5-7-24-8-6-21)26-17-14-10-15-13(9-11(2)25-15)22(14)12(3)19-20-17/h9-10,16H,4-8H2,1-3H3. The SMILES string of the molecule is CCC(Sc1nnc(C)n2c1cc1oc(C)cc12)C(=O)N1CCOCC1. The number of carbonyl (C=O) groups is 1. The highest BCUT2D eigenvalue weighted by atomic mass is 32.2. The van der Waals surface area contributed by atoms with E-state index in [0.717, 1.165) is 39.6 Å². The third-order valence-corrected chi connectivity index (χ3v) is 6.00. The fourth-order valence-corrected chi connectivity index (χ4v) is 4.39. The minimum atomic E-state index is -0.183. The molecule has 1 unspecified atom stereocenters. The summed E-state index contributed by atoms with van der Waals surface area (Å²) >= 11 is 1.48. The number of aryl methyl sites for hydroxylation is 2. The van der Waals surface area contributed by atoms with Crippen molar-refractivity contribution in [1.29, 1.82) is 0 Å². The van der Waals surface area contributed by atoms with Crippen molar-refractivity contribution < 1.29 is 13.9 Å². The van der Waals surface area contributed by atoms with Gasteiger partial charge in [-0.25, -0.2) is 0 Å². The van der Waals surface area contributed by atoms with Crippen molar-refractivity contribution in [3.8, 4) is 0 Å². The lowest BCUT2D eigenvalue weighted by atomic mass is 10.2. The molecule has 0 saturated carbocycles. The molecule has 0 bridgehead atoms. The smallest absolute Gasteiger partial charge is 0.236 e. The molecule has 0 spiro atoms. The highest BCUT2D eigenvalue weighted by Gasteiger charge is 2.27. The molecule has 4 rings (SSSR count). The Morgan fingerprint density at radius 3 is 2.73 bits per heavy atom. The first-order valence-corrected chi connectivity index (χ1v) is 9.74. The van der Waals surface area contributed by atoms with Gasteiger partial charge >= 0.3 is 0 Å². The predicted molar refractivity (Wildman–Crippen MR) is 99.6 cm³/mol. The summed E-state index contributed by atoms with van der Waals surface area (Å²) in [6.45, 7) is 8.41. The first-order chi connectivity index (χ1) is 12.6. The second-order valence-corrected chi connectivity index (χ2v) is 7.67. The van der Waals surface area contributed by atoms with Crippen LogP contribution in [0, 0.1) is 13.8 Å². The maximum Gasteiger partial charge on any atom is 0.236 e. The molecule has 0 aromatic carbocycles. The normalized spacial score (nSPS) is 16.5. The van der Waals surface area contributed by atoms with E-state index in [2.05, 4.69) is 10.2 Å². The molecule has 1 aliphatic rings. The van der Waals surface area contributed by atoms with E-state index in [-0.39, 0.29) is 11.2 Å². The summed E-state index contributed by atoms with van der Waals surface area (Å²) in [6, 6.07) is 3.99. The van der Waals surface area contributed by atoms with Gasteiger partial charge in [0, 0.05) is 25.2 Å². The number of aromatic nitrogens is 3. The third-order valence-electron chi connectivity index (χ3n) is 4.66. The maximum absolute atomic E-state index is 12.9. The Balaban J connectivity index is 1.68. The Morgan fingerprint density at radius 2 is 2.00 bits per heavy atom. The number of nitrogens with zero attached hydrogens (tertiary/aromatic N) is 4. The van der Waals surface area contributed by atoms with Crippen LogP contribution in [0.2, 0.25) is 0 Å². The van der Waals surface area contributed by atoms with Crippen LogP contribution in [0.25, 0.3) is 16.6 Å². The van der Waals surface area contributed by atoms with Gasteiger partial charge < -0.3 is 14.1 Å². The van der Waals surface area contributed by atoms with Gasteiger partial charge in [-0.15, -0.1) is 10.2 Å². The number of carbonyl (C=O) groups excluding carboxylic acids is 1. The van der Waals surface area contributed by atoms with E-state index in [0.29, 0.717) is 26.3 Å². The largest absolute Gasteiger partial charge is 0.460 e. The number of ether oxygens (including phenoxy) is 1. The van der Waals surface area contributed by atoms with E-state index >= 15 is 0 Å². The third kappa shape index (κ3) is 2.97. The zero-order chi connectivity index (χ0) is 18.3. The van der Waals surface area contributed by atoms with Crippen molar-refractivity contribution in [3.05, 3.63) is 23.7 Å². The van der Waals surface area contributed by atoms with Crippen molar-refractivity contribution >= 4 is 34.3 Å². The van der Waals surface area contributed by atoms with E-state index in [1.165, 1.54) is 11.8 Å². The highest BCUT2D eigenvalue weighted by Crippen LogP contribution is 2.33. The quantitative estimate of drug-likeness (QED) is 0.654. The minimum absolute atomic E-state index is 0.146. The van der Waals surface area contributed by atoms with Gasteiger partial charge in [0.15, 0.2) is 5.58 Å². The second-order valence-electron chi connectivity index (χ2n) is 6.48. The number of rotatable bonds is 4. The summed E-state index contributed by atoms with van der Waals surface area (Å²) in [6.07, 6.45) is 0.735. The van der Waals surface area contributed by atoms with Gasteiger partial charge in [-0.3, -0.25) is 9.20 Å². The molecule has 1 amide bonds. The summed E-state index contributed by atoms with van der Waals surface area (Å²) in [5.41, 5.74) is 2.73. The molecule has 1 atom stereocenters. The second kappa shape index (κ2) is 6.92. The van der Waals surface area contributed by atoms with Crippen molar-refractivity contribution in [3.63, 3.8) is 0 Å². The van der Waals surface area contributed by atoms with Crippen molar-refractivity contribution in [2.45, 2.75) is 37.5 Å². The predicted octanol–water partition coefficient (Wildman–Crippen LogP) is 2.82. The van der Waals surface area contributed by atoms with Crippen molar-refractivity contribution in [2.75, 3.05) is 26.3 Å². The molecular weight excluding hydrogens is 352 g/mol. The molecule has 26 heavy (non-hydrogen) atoms. The fraction of sp³-hybridized carbons (Fsp3) is 0.500. The van der Waals surface area contributed by atoms with Gasteiger partial charge in [0.25, 0.3) is 0 Å². The number of morpholine rings is 1. The Labute approximate surface area is 155 Å². The van der Waals surface area contributed by atoms with E-state index in [1.807, 2.05) is 42.2 Å². The van der Waals surface area contributed by atoms with E-state index in [1.54, 1.807) is 0 Å². The van der Waals surface area contributed by atoms with Crippen LogP contribution in [0.5, 0.6) is 0 Å². The van der Waals surface area contributed by atoms with Gasteiger partial charge in [-0.1, -0.05) is 18.7 Å². The lowest BCUT2D eigenvalue weighted by Gasteiger charge is -2.29. The molecular formula is C18H22N4O3S. The summed E-state index contributed by atoms with van der Waals surface area (Å²) < 4.78 is 13.2. The zero-order valence-electron chi connectivity index (χ0n) is 15.2. The Bertz CT molecular complexity index is 958. The molecule has 0 N–H and O–H groups in total. The molecule has 4 heterocycles. The number of hydrogen-bond donors (Lipinski definition) is 0. The topological polar surface area (TPSA) is 72.9 Å². The molecule has 1 saturated heterocycles. The van der Waals surface area contributed by atoms with E-state index < -0.39 is 0 Å². The van der Waals surface area contributed by atoms with Crippen LogP contribution in [0.1, 0.15) is 24.9 Å². The van der Waals surface area contributed by atoms with Gasteiger partial charge in [0.05, 0.1) is 29.5 Å². The van der Waals surface area contributed by atoms with Gasteiger partial charge in [0.2, 0.25) is 5.91 Å². The molecule has 0 aliphatic carbocycles. The number of thioether (sulfide) groups is 1. The first-order valence-electron chi connectivity index (χ1n) is 8.86. The number of amides is 1. The van der Waals surface area contributed by atoms with E-state index in [9.17, 15) is 4.79 Å². The molecule has 0 radical (unpaired) electrons. The first kappa shape index (κ1) is 17.4. The molecule has 3 aromatic rings. The Hall–Kier alpha value is -2.06. The molecule has 7 nitrogen and oxygen atoms in total. The molecule has 1 aliphatic heterocycles. The van der Waals surface area contributed by atoms with Crippen LogP contribution < -0.4 is 0 Å². The van der Waals surface area contributed by atoms with Crippen molar-refractivity contribution in [1.82, 2.24) is 19.5 Å². The van der Waals surface area contributed by atoms with Crippen LogP contribution in [-0.4, -0.2) is 57.0 Å². The molecule has 138 valence electrons. The average Bonchev–Trinajstić information content (AvgIpc) is 3.18. The van der Waals surface area contributed by atoms with Crippen molar-refractivity contribution in [2.24, 2.45) is 0 Å². The number of furan rings is 1. The molecule has 8 heteroatoms. The van der Waals surface area contributed by atoms with E-state index in [4.69, 9.17) is 9.15 Å². The fourth-order valence-electron chi connectivity index (χ4n) is 3.35. The lowest BCUT2D eigenvalue weighted by Crippen LogP contribution is -2.44. The summed E-state index contributed by atoms with van der Waals surface area (Å²) in [5, 5.41) is 9.25. The van der Waals surface area contributed by atoms with Crippen LogP contribution in [0.3, 0.4) is 0 Å². The molecule has 1 fully saturated rings. The average molecular weight is 374 g/mol. The zero-order valence-corrected chi connectivity index (χ0v) is 16.0. The Morgan fingerprint density at radius 1 is 1.23 bits per heavy atom. The summed E-state index contributed by atoms with van der Waals surface area (Å²) in [5.74, 6) is 1.81.